The van der Waals surface area contributed by atoms with Gasteiger partial charge in [0.05, 0.1) is 12.6 Å². The number of carbonyl (C=O) groups excluding carboxylic acids is 5. The fourth-order valence-electron chi connectivity index (χ4n) is 12.3. The summed E-state index contributed by atoms with van der Waals surface area (Å²) in [5, 5.41) is 3.18. The fraction of sp³-hybridized carbons (Fsp3) is 0.519. The first-order valence-corrected chi connectivity index (χ1v) is 24.2. The molecule has 4 fully saturated rings. The molecule has 10 rings (SSSR count). The van der Waals surface area contributed by atoms with Gasteiger partial charge in [0.2, 0.25) is 24.6 Å². The molecule has 0 radical (unpaired) electrons. The van der Waals surface area contributed by atoms with Crippen LogP contribution in [-0.2, 0) is 38.7 Å². The van der Waals surface area contributed by atoms with E-state index >= 15 is 8.78 Å². The maximum Gasteiger partial charge on any atom is 0.261 e. The molecule has 4 aromatic rings. The van der Waals surface area contributed by atoms with Gasteiger partial charge >= 0.3 is 0 Å². The number of aromatic nitrogens is 1. The number of carbonyl (C=O) groups is 5. The normalized spacial score (nSPS) is 23.2. The van der Waals surface area contributed by atoms with Gasteiger partial charge in [0, 0.05) is 91.7 Å². The molecule has 2 N–H and O–H groups in total. The second kappa shape index (κ2) is 19.4. The molecule has 12 nitrogen and oxygen atoms in total. The summed E-state index contributed by atoms with van der Waals surface area (Å²) >= 11 is 0. The van der Waals surface area contributed by atoms with Crippen molar-refractivity contribution in [2.24, 2.45) is 17.3 Å². The van der Waals surface area contributed by atoms with Crippen LogP contribution in [0.4, 0.5) is 23.2 Å². The summed E-state index contributed by atoms with van der Waals surface area (Å²) in [5.74, 6) is -1.57. The van der Waals surface area contributed by atoms with E-state index in [0.717, 1.165) is 116 Å². The molecule has 16 heteroatoms. The number of nitrogens with one attached hydrogen (secondary N) is 2. The van der Waals surface area contributed by atoms with Crippen LogP contribution < -0.4 is 10.2 Å². The van der Waals surface area contributed by atoms with Crippen molar-refractivity contribution in [3.05, 3.63) is 99.2 Å². The van der Waals surface area contributed by atoms with Crippen molar-refractivity contribution in [2.45, 2.75) is 116 Å². The number of para-hydroxylation sites is 1. The molecular weight excluding hydrogens is 879 g/mol. The van der Waals surface area contributed by atoms with Crippen LogP contribution in [0.3, 0.4) is 0 Å². The number of amides is 5. The van der Waals surface area contributed by atoms with Crippen LogP contribution in [0.25, 0.3) is 10.9 Å². The zero-order chi connectivity index (χ0) is 48.0. The van der Waals surface area contributed by atoms with Gasteiger partial charge < -0.3 is 14.8 Å². The number of benzene rings is 3. The number of H-pyrrole nitrogens is 1. The summed E-state index contributed by atoms with van der Waals surface area (Å²) in [6.07, 6.45) is 6.03. The van der Waals surface area contributed by atoms with Crippen molar-refractivity contribution >= 4 is 47.1 Å². The van der Waals surface area contributed by atoms with Crippen LogP contribution >= 0.6 is 0 Å². The second-order valence-electron chi connectivity index (χ2n) is 20.4. The smallest absolute Gasteiger partial charge is 0.261 e. The number of nitrogens with zero attached hydrogens (tertiary/aromatic N) is 5. The Morgan fingerprint density at radius 2 is 1.60 bits per heavy atom. The Morgan fingerprint density at radius 3 is 2.24 bits per heavy atom. The first-order valence-electron chi connectivity index (χ1n) is 24.2. The standard InChI is InChI=1S/C29H33F4N3.C23H28N4O5/c1-17-14-29(15-17)7-9-35(10-8-29)19-12-22(30)26(23(31)13-19)28-27-21(11-18(2)36(28)16-25(32)33)20-5-3-4-6-24(20)34-27;1-15-8-17-11-26(10-16-4-6-25(13-28)7-5-16)12-18(17)9-19(15)23(32)27(14-29)20-2-3-21(30)24-22(20)31/h3-6,12-13,17-18,25,28,34H,7-11,14-16H2,1-2H3;8-9,13-14,16,20H,2-7,10-12H2,1H3,(H,24,30,31)/t18-,28-;/m1./s1. The Morgan fingerprint density at radius 1 is 0.926 bits per heavy atom. The molecule has 5 amide bonds. The average molecular weight is 940 g/mol. The summed E-state index contributed by atoms with van der Waals surface area (Å²) in [5.41, 5.74) is 6.59. The van der Waals surface area contributed by atoms with Crippen molar-refractivity contribution < 1.29 is 41.5 Å². The third kappa shape index (κ3) is 9.42. The molecule has 1 aromatic heterocycles. The van der Waals surface area contributed by atoms with Gasteiger partial charge in [0.1, 0.15) is 17.7 Å². The number of rotatable bonds is 10. The summed E-state index contributed by atoms with van der Waals surface area (Å²) < 4.78 is 58.9. The zero-order valence-electron chi connectivity index (χ0n) is 39.0. The van der Waals surface area contributed by atoms with Crippen LogP contribution in [-0.4, -0.2) is 113 Å². The highest BCUT2D eigenvalue weighted by molar-refractivity contribution is 6.07. The monoisotopic (exact) mass is 939 g/mol. The summed E-state index contributed by atoms with van der Waals surface area (Å²) in [6.45, 7) is 11.1. The van der Waals surface area contributed by atoms with Crippen molar-refractivity contribution in [3.8, 4) is 0 Å². The van der Waals surface area contributed by atoms with Crippen LogP contribution in [0.15, 0.2) is 48.5 Å². The van der Waals surface area contributed by atoms with Gasteiger partial charge in [-0.1, -0.05) is 31.2 Å². The topological polar surface area (TPSA) is 129 Å². The molecule has 6 aliphatic rings. The fourth-order valence-corrected chi connectivity index (χ4v) is 12.3. The van der Waals surface area contributed by atoms with Gasteiger partial charge in [0.15, 0.2) is 0 Å². The third-order valence-corrected chi connectivity index (χ3v) is 15.7. The van der Waals surface area contributed by atoms with E-state index in [4.69, 9.17) is 0 Å². The number of piperidine rings is 3. The van der Waals surface area contributed by atoms with E-state index in [2.05, 4.69) is 27.0 Å². The van der Waals surface area contributed by atoms with Gasteiger partial charge in [-0.15, -0.1) is 0 Å². The van der Waals surface area contributed by atoms with E-state index in [9.17, 15) is 32.8 Å². The molecule has 68 heavy (non-hydrogen) atoms. The summed E-state index contributed by atoms with van der Waals surface area (Å²) in [4.78, 5) is 71.4. The summed E-state index contributed by atoms with van der Waals surface area (Å²) in [6, 6.07) is 12.1. The van der Waals surface area contributed by atoms with Gasteiger partial charge in [-0.05, 0) is 129 Å². The van der Waals surface area contributed by atoms with Crippen molar-refractivity contribution in [2.75, 3.05) is 44.2 Å². The molecule has 5 aliphatic heterocycles. The molecule has 1 spiro atoms. The van der Waals surface area contributed by atoms with Crippen LogP contribution in [0.1, 0.15) is 115 Å². The quantitative estimate of drug-likeness (QED) is 0.0944. The minimum absolute atomic E-state index is 0.0952. The Labute approximate surface area is 394 Å². The summed E-state index contributed by atoms with van der Waals surface area (Å²) in [7, 11) is 0. The number of aryl methyl sites for hydroxylation is 1. The Bertz CT molecular complexity index is 2560. The minimum atomic E-state index is -2.61. The molecule has 3 aromatic carbocycles. The van der Waals surface area contributed by atoms with Crippen molar-refractivity contribution in [3.63, 3.8) is 0 Å². The lowest BCUT2D eigenvalue weighted by Crippen LogP contribution is -2.53. The Balaban J connectivity index is 0.000000171. The maximum atomic E-state index is 15.8. The zero-order valence-corrected chi connectivity index (χ0v) is 39.0. The van der Waals surface area contributed by atoms with E-state index in [1.54, 1.807) is 4.90 Å². The van der Waals surface area contributed by atoms with Gasteiger partial charge in [-0.25, -0.2) is 17.6 Å². The Kier molecular flexibility index (Phi) is 13.5. The third-order valence-electron chi connectivity index (χ3n) is 15.7. The number of aromatic amines is 1. The molecule has 3 atom stereocenters. The largest absolute Gasteiger partial charge is 0.371 e. The lowest BCUT2D eigenvalue weighted by molar-refractivity contribution is -0.139. The Hall–Kier alpha value is -5.61. The first kappa shape index (κ1) is 47.5. The van der Waals surface area contributed by atoms with Gasteiger partial charge in [-0.3, -0.25) is 44.0 Å². The van der Waals surface area contributed by atoms with E-state index in [-0.39, 0.29) is 24.4 Å². The van der Waals surface area contributed by atoms with E-state index in [0.29, 0.717) is 41.1 Å². The van der Waals surface area contributed by atoms with Crippen LogP contribution in [0.2, 0.25) is 0 Å². The predicted octanol–water partition coefficient (Wildman–Crippen LogP) is 7.65. The molecule has 1 saturated carbocycles. The lowest BCUT2D eigenvalue weighted by atomic mass is 9.58. The van der Waals surface area contributed by atoms with Gasteiger partial charge in [0.25, 0.3) is 12.3 Å². The number of likely N-dealkylation sites (tertiary alicyclic amines) is 1. The molecular formula is C52H61F4N7O5. The average Bonchev–Trinajstić information content (AvgIpc) is 3.87. The number of hydrogen-bond acceptors (Lipinski definition) is 8. The van der Waals surface area contributed by atoms with Gasteiger partial charge in [-0.2, -0.15) is 0 Å². The number of anilines is 1. The molecule has 6 heterocycles. The highest BCUT2D eigenvalue weighted by Crippen LogP contribution is 2.53. The number of hydrogen-bond donors (Lipinski definition) is 2. The number of alkyl halides is 2. The SMILES string of the molecule is CC1CC2(CCN(c3cc(F)c([C@@H]4c5[nH]c6ccccc6c5C[C@@H](C)N4CC(F)F)c(F)c3)CC2)C1.Cc1cc2c(cc1C(=O)N(C=O)C1CCC(=O)NC1=O)CN(CC1CCN(C=O)CC1)C2. The minimum Gasteiger partial charge on any atom is -0.371 e. The number of halogens is 4. The highest BCUT2D eigenvalue weighted by Gasteiger charge is 2.45. The molecule has 0 bridgehead atoms. The van der Waals surface area contributed by atoms with Crippen LogP contribution in [0, 0.1) is 35.8 Å². The number of imide groups is 2. The lowest BCUT2D eigenvalue weighted by Gasteiger charge is -2.52. The van der Waals surface area contributed by atoms with Crippen molar-refractivity contribution in [1.29, 1.82) is 0 Å². The highest BCUT2D eigenvalue weighted by atomic mass is 19.3. The van der Waals surface area contributed by atoms with Crippen LogP contribution in [0.5, 0.6) is 0 Å². The first-order chi connectivity index (χ1) is 32.6. The van der Waals surface area contributed by atoms with E-state index < -0.39 is 54.4 Å². The predicted molar refractivity (Wildman–Crippen MR) is 249 cm³/mol. The number of fused-ring (bicyclic) bond motifs is 4. The second-order valence-corrected chi connectivity index (χ2v) is 20.4. The van der Waals surface area contributed by atoms with E-state index in [1.807, 2.05) is 55.1 Å². The molecule has 362 valence electrons. The molecule has 1 aliphatic carbocycles. The molecule has 3 saturated heterocycles. The van der Waals surface area contributed by atoms with Crippen molar-refractivity contribution in [1.82, 2.24) is 29.9 Å². The maximum absolute atomic E-state index is 15.8. The molecule has 1 unspecified atom stereocenters. The van der Waals surface area contributed by atoms with E-state index in [1.165, 1.54) is 30.5 Å².